The van der Waals surface area contributed by atoms with E-state index in [0.29, 0.717) is 12.1 Å². The van der Waals surface area contributed by atoms with Gasteiger partial charge in [-0.3, -0.25) is 9.78 Å². The Labute approximate surface area is 136 Å². The highest BCUT2D eigenvalue weighted by molar-refractivity contribution is 7.89. The fourth-order valence-electron chi connectivity index (χ4n) is 1.89. The molecule has 6 nitrogen and oxygen atoms in total. The molecule has 0 saturated carbocycles. The molecular weight excluding hydrogens is 314 g/mol. The monoisotopic (exact) mass is 333 g/mol. The molecule has 0 bridgehead atoms. The van der Waals surface area contributed by atoms with Crippen LogP contribution >= 0.6 is 0 Å². The van der Waals surface area contributed by atoms with E-state index in [1.165, 1.54) is 24.3 Å². The molecule has 23 heavy (non-hydrogen) atoms. The summed E-state index contributed by atoms with van der Waals surface area (Å²) in [5.74, 6) is -0.209. The zero-order valence-electron chi connectivity index (χ0n) is 12.8. The van der Waals surface area contributed by atoms with Crippen molar-refractivity contribution in [2.24, 2.45) is 0 Å². The van der Waals surface area contributed by atoms with Crippen LogP contribution in [0.15, 0.2) is 53.7 Å². The first-order chi connectivity index (χ1) is 11.0. The predicted octanol–water partition coefficient (Wildman–Crippen LogP) is 1.70. The number of aromatic nitrogens is 1. The Kier molecular flexibility index (Phi) is 5.84. The molecule has 0 atom stereocenters. The van der Waals surface area contributed by atoms with Crippen molar-refractivity contribution >= 4 is 15.9 Å². The van der Waals surface area contributed by atoms with Gasteiger partial charge >= 0.3 is 0 Å². The second-order valence-electron chi connectivity index (χ2n) is 4.97. The maximum Gasteiger partial charge on any atom is 0.251 e. The summed E-state index contributed by atoms with van der Waals surface area (Å²) in [7, 11) is -3.63. The van der Waals surface area contributed by atoms with Gasteiger partial charge in [0, 0.05) is 31.0 Å². The number of pyridine rings is 1. The van der Waals surface area contributed by atoms with E-state index in [9.17, 15) is 13.2 Å². The quantitative estimate of drug-likeness (QED) is 0.807. The number of carbonyl (C=O) groups excluding carboxylic acids is 1. The van der Waals surface area contributed by atoms with Crippen LogP contribution in [0.5, 0.6) is 0 Å². The van der Waals surface area contributed by atoms with Crippen molar-refractivity contribution in [1.82, 2.24) is 15.0 Å². The van der Waals surface area contributed by atoms with Crippen LogP contribution < -0.4 is 10.0 Å². The highest BCUT2D eigenvalue weighted by Crippen LogP contribution is 2.11. The van der Waals surface area contributed by atoms with Crippen molar-refractivity contribution in [1.29, 1.82) is 0 Å². The highest BCUT2D eigenvalue weighted by Gasteiger charge is 2.14. The Hall–Kier alpha value is -2.25. The Morgan fingerprint density at radius 3 is 2.52 bits per heavy atom. The van der Waals surface area contributed by atoms with Gasteiger partial charge in [-0.05, 0) is 42.3 Å². The van der Waals surface area contributed by atoms with E-state index in [4.69, 9.17) is 0 Å². The zero-order valence-corrected chi connectivity index (χ0v) is 13.6. The van der Waals surface area contributed by atoms with Crippen LogP contribution in [0.3, 0.4) is 0 Å². The SMILES string of the molecule is CCCNC(=O)c1ccc(S(=O)(=O)NCc2cccnc2)cc1. The molecule has 1 aromatic carbocycles. The van der Waals surface area contributed by atoms with Crippen molar-refractivity contribution < 1.29 is 13.2 Å². The van der Waals surface area contributed by atoms with Gasteiger partial charge in [0.25, 0.3) is 5.91 Å². The van der Waals surface area contributed by atoms with E-state index in [-0.39, 0.29) is 17.3 Å². The average Bonchev–Trinajstić information content (AvgIpc) is 2.59. The number of carbonyl (C=O) groups is 1. The molecule has 0 aliphatic rings. The Bertz CT molecular complexity index is 744. The van der Waals surface area contributed by atoms with E-state index < -0.39 is 10.0 Å². The molecule has 1 heterocycles. The predicted molar refractivity (Wildman–Crippen MR) is 87.3 cm³/mol. The molecule has 0 spiro atoms. The first-order valence-corrected chi connectivity index (χ1v) is 8.78. The van der Waals surface area contributed by atoms with Gasteiger partial charge in [-0.1, -0.05) is 13.0 Å². The molecule has 0 aliphatic heterocycles. The standard InChI is InChI=1S/C16H19N3O3S/c1-2-9-18-16(20)14-5-7-15(8-6-14)23(21,22)19-12-13-4-3-10-17-11-13/h3-8,10-11,19H,2,9,12H2,1H3,(H,18,20). The Morgan fingerprint density at radius 1 is 1.17 bits per heavy atom. The van der Waals surface area contributed by atoms with Gasteiger partial charge in [0.2, 0.25) is 10.0 Å². The van der Waals surface area contributed by atoms with Crippen molar-refractivity contribution in [2.45, 2.75) is 24.8 Å². The maximum absolute atomic E-state index is 12.2. The second-order valence-corrected chi connectivity index (χ2v) is 6.73. The lowest BCUT2D eigenvalue weighted by Gasteiger charge is -2.08. The Morgan fingerprint density at radius 2 is 1.91 bits per heavy atom. The lowest BCUT2D eigenvalue weighted by atomic mass is 10.2. The Balaban J connectivity index is 2.04. The molecule has 2 rings (SSSR count). The number of rotatable bonds is 7. The molecule has 0 radical (unpaired) electrons. The smallest absolute Gasteiger partial charge is 0.251 e. The van der Waals surface area contributed by atoms with Crippen LogP contribution in [-0.4, -0.2) is 25.9 Å². The van der Waals surface area contributed by atoms with Crippen molar-refractivity contribution in [3.8, 4) is 0 Å². The van der Waals surface area contributed by atoms with Gasteiger partial charge in [0.15, 0.2) is 0 Å². The van der Waals surface area contributed by atoms with E-state index >= 15 is 0 Å². The minimum absolute atomic E-state index is 0.119. The van der Waals surface area contributed by atoms with Gasteiger partial charge in [-0.25, -0.2) is 13.1 Å². The molecule has 0 aliphatic carbocycles. The molecular formula is C16H19N3O3S. The van der Waals surface area contributed by atoms with Crippen LogP contribution in [0.25, 0.3) is 0 Å². The lowest BCUT2D eigenvalue weighted by Crippen LogP contribution is -2.25. The molecule has 1 aromatic heterocycles. The van der Waals surface area contributed by atoms with Gasteiger partial charge in [0.1, 0.15) is 0 Å². The zero-order chi connectivity index (χ0) is 16.7. The fourth-order valence-corrected chi connectivity index (χ4v) is 2.91. The first kappa shape index (κ1) is 17.1. The fraction of sp³-hybridized carbons (Fsp3) is 0.250. The third-order valence-corrected chi connectivity index (χ3v) is 4.57. The molecule has 1 amide bonds. The van der Waals surface area contributed by atoms with Crippen LogP contribution in [0.1, 0.15) is 29.3 Å². The number of hydrogen-bond donors (Lipinski definition) is 2. The van der Waals surface area contributed by atoms with Gasteiger partial charge < -0.3 is 5.32 Å². The molecule has 0 saturated heterocycles. The summed E-state index contributed by atoms with van der Waals surface area (Å²) in [6.07, 6.45) is 4.07. The number of benzene rings is 1. The summed E-state index contributed by atoms with van der Waals surface area (Å²) >= 11 is 0. The van der Waals surface area contributed by atoms with Crippen LogP contribution in [0.4, 0.5) is 0 Å². The van der Waals surface area contributed by atoms with E-state index in [1.807, 2.05) is 6.92 Å². The average molecular weight is 333 g/mol. The topological polar surface area (TPSA) is 88.2 Å². The highest BCUT2D eigenvalue weighted by atomic mass is 32.2. The third kappa shape index (κ3) is 4.87. The molecule has 7 heteroatoms. The summed E-state index contributed by atoms with van der Waals surface area (Å²) in [5.41, 5.74) is 1.20. The third-order valence-electron chi connectivity index (χ3n) is 3.15. The minimum atomic E-state index is -3.63. The number of nitrogens with one attached hydrogen (secondary N) is 2. The summed E-state index contributed by atoms with van der Waals surface area (Å²) in [4.78, 5) is 15.8. The van der Waals surface area contributed by atoms with Gasteiger partial charge in [-0.2, -0.15) is 0 Å². The largest absolute Gasteiger partial charge is 0.352 e. The van der Waals surface area contributed by atoms with E-state index in [1.54, 1.807) is 24.5 Å². The molecule has 122 valence electrons. The number of hydrogen-bond acceptors (Lipinski definition) is 4. The number of nitrogens with zero attached hydrogens (tertiary/aromatic N) is 1. The first-order valence-electron chi connectivity index (χ1n) is 7.30. The van der Waals surface area contributed by atoms with Crippen LogP contribution in [-0.2, 0) is 16.6 Å². The molecule has 0 unspecified atom stereocenters. The van der Waals surface area contributed by atoms with E-state index in [2.05, 4.69) is 15.0 Å². The summed E-state index contributed by atoms with van der Waals surface area (Å²) < 4.78 is 27.0. The van der Waals surface area contributed by atoms with Crippen molar-refractivity contribution in [2.75, 3.05) is 6.54 Å². The number of sulfonamides is 1. The van der Waals surface area contributed by atoms with Crippen molar-refractivity contribution in [3.63, 3.8) is 0 Å². The van der Waals surface area contributed by atoms with Crippen LogP contribution in [0.2, 0.25) is 0 Å². The van der Waals surface area contributed by atoms with Crippen LogP contribution in [0, 0.1) is 0 Å². The normalized spacial score (nSPS) is 11.2. The molecule has 0 fully saturated rings. The number of amides is 1. The second kappa shape index (κ2) is 7.85. The maximum atomic E-state index is 12.2. The lowest BCUT2D eigenvalue weighted by molar-refractivity contribution is 0.0953. The summed E-state index contributed by atoms with van der Waals surface area (Å²) in [6, 6.07) is 9.39. The molecule has 2 aromatic rings. The summed E-state index contributed by atoms with van der Waals surface area (Å²) in [6.45, 7) is 2.71. The van der Waals surface area contributed by atoms with E-state index in [0.717, 1.165) is 12.0 Å². The van der Waals surface area contributed by atoms with Crippen molar-refractivity contribution in [3.05, 3.63) is 59.9 Å². The summed E-state index contributed by atoms with van der Waals surface area (Å²) in [5, 5.41) is 2.74. The molecule has 2 N–H and O–H groups in total. The van der Waals surface area contributed by atoms with Gasteiger partial charge in [-0.15, -0.1) is 0 Å². The minimum Gasteiger partial charge on any atom is -0.352 e. The van der Waals surface area contributed by atoms with Gasteiger partial charge in [0.05, 0.1) is 4.90 Å².